The molecule has 5 heteroatoms. The summed E-state index contributed by atoms with van der Waals surface area (Å²) in [5.74, 6) is -0.00202. The van der Waals surface area contributed by atoms with Crippen molar-refractivity contribution in [3.05, 3.63) is 0 Å². The van der Waals surface area contributed by atoms with Crippen LogP contribution in [-0.2, 0) is 19.0 Å². The van der Waals surface area contributed by atoms with Gasteiger partial charge in [-0.15, -0.1) is 0 Å². The number of likely N-dealkylation sites (N-methyl/N-ethyl adjacent to an activating group) is 1. The molecular formula is C19H37NO4. The first-order chi connectivity index (χ1) is 11.5. The molecule has 0 aromatic carbocycles. The third-order valence-corrected chi connectivity index (χ3v) is 4.54. The van der Waals surface area contributed by atoms with Crippen LogP contribution >= 0.6 is 0 Å². The van der Waals surface area contributed by atoms with Crippen molar-refractivity contribution in [3.8, 4) is 0 Å². The molecule has 1 aliphatic rings. The summed E-state index contributed by atoms with van der Waals surface area (Å²) >= 11 is 0. The van der Waals surface area contributed by atoms with Gasteiger partial charge in [-0.3, -0.25) is 4.79 Å². The molecule has 1 aliphatic heterocycles. The number of hydrogen-bond donors (Lipinski definition) is 0. The van der Waals surface area contributed by atoms with Crippen LogP contribution in [0.4, 0.5) is 0 Å². The van der Waals surface area contributed by atoms with Gasteiger partial charge in [0.25, 0.3) is 0 Å². The number of ketones is 1. The van der Waals surface area contributed by atoms with E-state index in [1.165, 1.54) is 38.5 Å². The fourth-order valence-corrected chi connectivity index (χ4v) is 2.93. The summed E-state index contributed by atoms with van der Waals surface area (Å²) in [6.07, 6.45) is 9.31. The Morgan fingerprint density at radius 1 is 1.08 bits per heavy atom. The lowest BCUT2D eigenvalue weighted by molar-refractivity contribution is -0.263. The summed E-state index contributed by atoms with van der Waals surface area (Å²) in [5, 5.41) is 0. The van der Waals surface area contributed by atoms with Crippen LogP contribution in [0, 0.1) is 0 Å². The third kappa shape index (κ3) is 8.56. The van der Waals surface area contributed by atoms with E-state index in [4.69, 9.17) is 14.2 Å². The third-order valence-electron chi connectivity index (χ3n) is 4.54. The molecule has 1 fully saturated rings. The predicted molar refractivity (Wildman–Crippen MR) is 96.2 cm³/mol. The van der Waals surface area contributed by atoms with Crippen molar-refractivity contribution < 1.29 is 19.0 Å². The molecule has 5 nitrogen and oxygen atoms in total. The average Bonchev–Trinajstić information content (AvgIpc) is 2.54. The van der Waals surface area contributed by atoms with Crippen molar-refractivity contribution in [2.45, 2.75) is 77.1 Å². The van der Waals surface area contributed by atoms with Crippen LogP contribution in [0.25, 0.3) is 0 Å². The standard InChI is InChI=1S/C19H37NO4/c1-5-6-7-8-9-10-11-12-19(2,24-14-13-20(3)4)18-22-15-17(21)16-23-18/h18H,5-16H2,1-4H3. The number of rotatable bonds is 13. The van der Waals surface area contributed by atoms with E-state index in [9.17, 15) is 4.79 Å². The Labute approximate surface area is 148 Å². The van der Waals surface area contributed by atoms with E-state index in [0.717, 1.165) is 19.4 Å². The molecule has 0 spiro atoms. The Hall–Kier alpha value is -0.490. The lowest BCUT2D eigenvalue weighted by Crippen LogP contribution is -2.50. The molecule has 0 N–H and O–H groups in total. The van der Waals surface area contributed by atoms with Crippen LogP contribution in [0.5, 0.6) is 0 Å². The topological polar surface area (TPSA) is 48.0 Å². The summed E-state index contributed by atoms with van der Waals surface area (Å²) in [7, 11) is 4.06. The summed E-state index contributed by atoms with van der Waals surface area (Å²) in [4.78, 5) is 13.4. The zero-order valence-corrected chi connectivity index (χ0v) is 16.1. The zero-order valence-electron chi connectivity index (χ0n) is 16.1. The van der Waals surface area contributed by atoms with Gasteiger partial charge >= 0.3 is 0 Å². The Balaban J connectivity index is 2.40. The molecule has 142 valence electrons. The molecule has 0 bridgehead atoms. The number of hydrogen-bond acceptors (Lipinski definition) is 5. The highest BCUT2D eigenvalue weighted by Gasteiger charge is 2.39. The van der Waals surface area contributed by atoms with E-state index < -0.39 is 11.9 Å². The lowest BCUT2D eigenvalue weighted by Gasteiger charge is -2.39. The van der Waals surface area contributed by atoms with Crippen molar-refractivity contribution >= 4 is 5.78 Å². The monoisotopic (exact) mass is 343 g/mol. The van der Waals surface area contributed by atoms with E-state index in [1.54, 1.807) is 0 Å². The highest BCUT2D eigenvalue weighted by Crippen LogP contribution is 2.28. The van der Waals surface area contributed by atoms with Gasteiger partial charge in [0.1, 0.15) is 18.8 Å². The fourth-order valence-electron chi connectivity index (χ4n) is 2.93. The molecule has 0 saturated carbocycles. The van der Waals surface area contributed by atoms with Crippen LogP contribution in [0.1, 0.15) is 65.2 Å². The first-order valence-corrected chi connectivity index (χ1v) is 9.51. The van der Waals surface area contributed by atoms with Crippen molar-refractivity contribution in [2.75, 3.05) is 40.5 Å². The second kappa shape index (κ2) is 12.0. The van der Waals surface area contributed by atoms with Gasteiger partial charge in [-0.2, -0.15) is 0 Å². The maximum atomic E-state index is 11.3. The number of unbranched alkanes of at least 4 members (excludes halogenated alkanes) is 6. The van der Waals surface area contributed by atoms with Gasteiger partial charge in [0.05, 0.1) is 6.61 Å². The molecule has 1 saturated heterocycles. The molecule has 1 atom stereocenters. The van der Waals surface area contributed by atoms with Crippen molar-refractivity contribution in [2.24, 2.45) is 0 Å². The molecule has 1 heterocycles. The SMILES string of the molecule is CCCCCCCCCC(C)(OCCN(C)C)C1OCC(=O)CO1. The molecule has 0 aliphatic carbocycles. The van der Waals surface area contributed by atoms with Gasteiger partial charge in [-0.05, 0) is 27.4 Å². The van der Waals surface area contributed by atoms with E-state index in [0.29, 0.717) is 6.61 Å². The van der Waals surface area contributed by atoms with Crippen LogP contribution in [-0.4, -0.2) is 63.0 Å². The van der Waals surface area contributed by atoms with Crippen LogP contribution in [0.15, 0.2) is 0 Å². The molecule has 24 heavy (non-hydrogen) atoms. The summed E-state index contributed by atoms with van der Waals surface area (Å²) in [6, 6.07) is 0. The summed E-state index contributed by atoms with van der Waals surface area (Å²) in [5.41, 5.74) is -0.486. The molecule has 0 aromatic heterocycles. The second-order valence-corrected chi connectivity index (χ2v) is 7.33. The van der Waals surface area contributed by atoms with Crippen LogP contribution < -0.4 is 0 Å². The normalized spacial score (nSPS) is 19.0. The van der Waals surface area contributed by atoms with E-state index in [1.807, 2.05) is 14.1 Å². The van der Waals surface area contributed by atoms with Gasteiger partial charge in [0.2, 0.25) is 0 Å². The van der Waals surface area contributed by atoms with Gasteiger partial charge in [-0.25, -0.2) is 0 Å². The molecule has 0 aromatic rings. The first-order valence-electron chi connectivity index (χ1n) is 9.51. The predicted octanol–water partition coefficient (Wildman–Crippen LogP) is 3.41. The lowest BCUT2D eigenvalue weighted by atomic mass is 9.96. The van der Waals surface area contributed by atoms with Gasteiger partial charge in [-0.1, -0.05) is 51.9 Å². The highest BCUT2D eigenvalue weighted by atomic mass is 16.7. The molecule has 1 rings (SSSR count). The van der Waals surface area contributed by atoms with Crippen LogP contribution in [0.2, 0.25) is 0 Å². The summed E-state index contributed by atoms with van der Waals surface area (Å²) < 4.78 is 17.4. The minimum atomic E-state index is -0.486. The van der Waals surface area contributed by atoms with E-state index in [-0.39, 0.29) is 19.0 Å². The Kier molecular flexibility index (Phi) is 10.7. The minimum Gasteiger partial charge on any atom is -0.369 e. The summed E-state index contributed by atoms with van der Waals surface area (Å²) in [6.45, 7) is 6.06. The maximum Gasteiger partial charge on any atom is 0.187 e. The smallest absolute Gasteiger partial charge is 0.187 e. The number of carbonyl (C=O) groups is 1. The van der Waals surface area contributed by atoms with Crippen molar-refractivity contribution in [1.29, 1.82) is 0 Å². The highest BCUT2D eigenvalue weighted by molar-refractivity contribution is 5.81. The van der Waals surface area contributed by atoms with E-state index >= 15 is 0 Å². The molecule has 0 amide bonds. The Morgan fingerprint density at radius 3 is 2.25 bits per heavy atom. The zero-order chi connectivity index (χ0) is 17.8. The number of nitrogens with zero attached hydrogens (tertiary/aromatic N) is 1. The fraction of sp³-hybridized carbons (Fsp3) is 0.947. The average molecular weight is 344 g/mol. The van der Waals surface area contributed by atoms with E-state index in [2.05, 4.69) is 18.7 Å². The second-order valence-electron chi connectivity index (χ2n) is 7.33. The Bertz CT molecular complexity index is 338. The maximum absolute atomic E-state index is 11.3. The van der Waals surface area contributed by atoms with Gasteiger partial charge in [0, 0.05) is 6.54 Å². The van der Waals surface area contributed by atoms with Crippen molar-refractivity contribution in [3.63, 3.8) is 0 Å². The molecule has 0 radical (unpaired) electrons. The first kappa shape index (κ1) is 21.6. The van der Waals surface area contributed by atoms with Gasteiger partial charge < -0.3 is 19.1 Å². The quantitative estimate of drug-likeness (QED) is 0.480. The Morgan fingerprint density at radius 2 is 1.67 bits per heavy atom. The van der Waals surface area contributed by atoms with Crippen LogP contribution in [0.3, 0.4) is 0 Å². The minimum absolute atomic E-state index is 0.00202. The number of ether oxygens (including phenoxy) is 3. The molecule has 1 unspecified atom stereocenters. The molecular weight excluding hydrogens is 306 g/mol. The van der Waals surface area contributed by atoms with Gasteiger partial charge in [0.15, 0.2) is 12.1 Å². The number of carbonyl (C=O) groups excluding carboxylic acids is 1. The largest absolute Gasteiger partial charge is 0.369 e. The number of Topliss-reactive ketones (excluding diaryl/α,β-unsaturated/α-hetero) is 1. The van der Waals surface area contributed by atoms with Crippen molar-refractivity contribution in [1.82, 2.24) is 4.90 Å².